The maximum atomic E-state index is 14.7. The van der Waals surface area contributed by atoms with E-state index in [2.05, 4.69) is 0 Å². The molecule has 3 aromatic carbocycles. The fraction of sp³-hybridized carbons (Fsp3) is 0.500. The Morgan fingerprint density at radius 2 is 1.60 bits per heavy atom. The summed E-state index contributed by atoms with van der Waals surface area (Å²) in [4.78, 5) is 28.1. The van der Waals surface area contributed by atoms with Crippen molar-refractivity contribution in [2.45, 2.75) is 69.4 Å². The van der Waals surface area contributed by atoms with Gasteiger partial charge in [-0.1, -0.05) is 36.4 Å². The predicted molar refractivity (Wildman–Crippen MR) is 174 cm³/mol. The average molecular weight is 766 g/mol. The molecule has 53 heavy (non-hydrogen) atoms. The van der Waals surface area contributed by atoms with Crippen LogP contribution in [-0.4, -0.2) is 91.2 Å². The first-order valence-corrected chi connectivity index (χ1v) is 16.8. The van der Waals surface area contributed by atoms with Crippen LogP contribution in [0.2, 0.25) is 0 Å². The van der Waals surface area contributed by atoms with Gasteiger partial charge in [-0.3, -0.25) is 14.6 Å². The van der Waals surface area contributed by atoms with Gasteiger partial charge in [0.25, 0.3) is 0 Å². The Bertz CT molecular complexity index is 1800. The third-order valence-corrected chi connectivity index (χ3v) is 9.94. The first-order valence-electron chi connectivity index (χ1n) is 16.8. The second-order valence-electron chi connectivity index (χ2n) is 13.6. The summed E-state index contributed by atoms with van der Waals surface area (Å²) in [6.07, 6.45) is -17.6. The Kier molecular flexibility index (Phi) is 11.6. The van der Waals surface area contributed by atoms with Gasteiger partial charge < -0.3 is 15.2 Å². The van der Waals surface area contributed by atoms with Crippen LogP contribution in [0.3, 0.4) is 0 Å². The van der Waals surface area contributed by atoms with Crippen LogP contribution >= 0.6 is 0 Å². The molecule has 17 heteroatoms. The lowest BCUT2D eigenvalue weighted by molar-refractivity contribution is -0.236. The maximum Gasteiger partial charge on any atom is 0.417 e. The Balaban J connectivity index is 1.48. The lowest BCUT2D eigenvalue weighted by Crippen LogP contribution is -2.59. The number of carboxylic acid groups (broad SMARTS) is 1. The second-order valence-corrected chi connectivity index (χ2v) is 13.6. The number of alkyl halides is 10. The Labute approximate surface area is 297 Å². The van der Waals surface area contributed by atoms with E-state index < -0.39 is 92.5 Å². The monoisotopic (exact) mass is 765 g/mol. The number of piperidine rings is 2. The molecule has 1 amide bonds. The normalized spacial score (nSPS) is 19.6. The predicted octanol–water partition coefficient (Wildman–Crippen LogP) is 7.79. The van der Waals surface area contributed by atoms with Gasteiger partial charge in [0.2, 0.25) is 5.91 Å². The summed E-state index contributed by atoms with van der Waals surface area (Å²) in [5.41, 5.74) is -4.02. The van der Waals surface area contributed by atoms with Crippen molar-refractivity contribution in [3.8, 4) is 16.9 Å². The topological polar surface area (TPSA) is 82.1 Å². The molecule has 0 unspecified atom stereocenters. The molecule has 2 N–H and O–H groups in total. The summed E-state index contributed by atoms with van der Waals surface area (Å²) in [5.74, 6) is -3.53. The van der Waals surface area contributed by atoms with Gasteiger partial charge in [0.1, 0.15) is 23.4 Å². The number of nitrogens with zero attached hydrogens (tertiary/aromatic N) is 2. The van der Waals surface area contributed by atoms with Crippen LogP contribution < -0.4 is 10.1 Å². The highest BCUT2D eigenvalue weighted by Crippen LogP contribution is 2.48. The van der Waals surface area contributed by atoms with Gasteiger partial charge in [-0.15, -0.1) is 0 Å². The molecule has 0 aliphatic carbocycles. The van der Waals surface area contributed by atoms with Crippen LogP contribution in [0, 0.1) is 5.41 Å². The number of fused-ring (bicyclic) bond motifs is 1. The van der Waals surface area contributed by atoms with Crippen molar-refractivity contribution in [3.05, 3.63) is 65.2 Å². The number of benzene rings is 3. The number of methoxy groups -OCH3 is 1. The number of hydrogen-bond donors (Lipinski definition) is 2. The fourth-order valence-electron chi connectivity index (χ4n) is 7.30. The van der Waals surface area contributed by atoms with Gasteiger partial charge in [0.15, 0.2) is 0 Å². The first-order chi connectivity index (χ1) is 24.7. The number of amides is 1. The van der Waals surface area contributed by atoms with E-state index in [1.807, 2.05) is 5.32 Å². The van der Waals surface area contributed by atoms with Gasteiger partial charge in [0.05, 0.1) is 19.2 Å². The maximum absolute atomic E-state index is 14.7. The number of ether oxygens (including phenoxy) is 1. The first kappa shape index (κ1) is 40.1. The van der Waals surface area contributed by atoms with Crippen molar-refractivity contribution in [3.63, 3.8) is 0 Å². The van der Waals surface area contributed by atoms with Gasteiger partial charge in [-0.2, -0.15) is 39.5 Å². The number of carbonyl (C=O) groups is 2. The van der Waals surface area contributed by atoms with Crippen LogP contribution in [0.25, 0.3) is 21.9 Å². The summed E-state index contributed by atoms with van der Waals surface area (Å²) in [6.45, 7) is -2.26. The quantitative estimate of drug-likeness (QED) is 0.205. The average Bonchev–Trinajstić information content (AvgIpc) is 3.06. The third-order valence-electron chi connectivity index (χ3n) is 9.94. The number of carboxylic acids is 1. The molecule has 2 aliphatic rings. The van der Waals surface area contributed by atoms with Crippen molar-refractivity contribution < 1.29 is 63.3 Å². The summed E-state index contributed by atoms with van der Waals surface area (Å²) in [7, 11) is 1.20. The summed E-state index contributed by atoms with van der Waals surface area (Å²) < 4.78 is 145. The zero-order valence-corrected chi connectivity index (χ0v) is 28.4. The molecule has 0 bridgehead atoms. The lowest BCUT2D eigenvalue weighted by Gasteiger charge is -2.42. The number of likely N-dealkylation sites (tertiary alicyclic amines) is 2. The molecule has 2 saturated heterocycles. The summed E-state index contributed by atoms with van der Waals surface area (Å²) in [6, 6.07) is 9.12. The molecular formula is C36H37F10N3O4. The number of carbonyl (C=O) groups excluding carboxylic acids is 1. The Morgan fingerprint density at radius 1 is 0.943 bits per heavy atom. The molecule has 2 aliphatic heterocycles. The van der Waals surface area contributed by atoms with Gasteiger partial charge in [-0.05, 0) is 84.9 Å². The number of nitrogens with one attached hydrogen (secondary N) is 1. The Hall–Kier alpha value is -4.12. The molecule has 290 valence electrons. The summed E-state index contributed by atoms with van der Waals surface area (Å²) >= 11 is 0. The molecule has 2 fully saturated rings. The minimum atomic E-state index is -5.22. The molecule has 5 rings (SSSR count). The number of hydrogen-bond acceptors (Lipinski definition) is 5. The molecule has 0 aromatic heterocycles. The van der Waals surface area contributed by atoms with E-state index in [9.17, 15) is 58.6 Å². The largest absolute Gasteiger partial charge is 0.496 e. The van der Waals surface area contributed by atoms with Crippen LogP contribution in [0.15, 0.2) is 48.5 Å². The standard InChI is InChI=1S/C36H37F10N3O4/c1-53-29-16-21(18-49-12-4-6-23(37)19-49)15-27(35(41,42)43)30(29)26-9-3-7-24-22(5-2-8-25(24)26)17-28(31(50)51)47-32(52)33(36(44,45)46)10-13-48(14-11-33)20-34(38,39)40/h2-3,5,7-9,15-16,23,28H,4,6,10-14,17-20H2,1H3,(H,47,52)(H,50,51)/t23-,28+/m1/s1. The molecule has 0 radical (unpaired) electrons. The molecule has 7 nitrogen and oxygen atoms in total. The van der Waals surface area contributed by atoms with E-state index in [0.29, 0.717) is 19.4 Å². The van der Waals surface area contributed by atoms with Crippen molar-refractivity contribution in [2.24, 2.45) is 5.41 Å². The van der Waals surface area contributed by atoms with Crippen LogP contribution in [0.5, 0.6) is 5.75 Å². The number of aliphatic carboxylic acids is 1. The van der Waals surface area contributed by atoms with E-state index in [1.165, 1.54) is 49.6 Å². The number of rotatable bonds is 10. The van der Waals surface area contributed by atoms with Crippen LogP contribution in [0.1, 0.15) is 42.4 Å². The summed E-state index contributed by atoms with van der Waals surface area (Å²) in [5, 5.41) is 12.4. The van der Waals surface area contributed by atoms with Crippen molar-refractivity contribution in [2.75, 3.05) is 39.8 Å². The van der Waals surface area contributed by atoms with Crippen LogP contribution in [-0.2, 0) is 28.7 Å². The molecule has 2 heterocycles. The molecule has 0 saturated carbocycles. The zero-order valence-electron chi connectivity index (χ0n) is 28.4. The molecular weight excluding hydrogens is 728 g/mol. The zero-order chi connectivity index (χ0) is 38.9. The van der Waals surface area contributed by atoms with E-state index >= 15 is 0 Å². The van der Waals surface area contributed by atoms with Gasteiger partial charge >= 0.3 is 24.5 Å². The highest BCUT2D eigenvalue weighted by molar-refractivity contribution is 6.01. The van der Waals surface area contributed by atoms with E-state index in [0.717, 1.165) is 11.0 Å². The number of halogens is 10. The third kappa shape index (κ3) is 8.99. The van der Waals surface area contributed by atoms with E-state index in [4.69, 9.17) is 4.74 Å². The fourth-order valence-corrected chi connectivity index (χ4v) is 7.30. The highest BCUT2D eigenvalue weighted by Gasteiger charge is 2.61. The smallest absolute Gasteiger partial charge is 0.417 e. The van der Waals surface area contributed by atoms with E-state index in [-0.39, 0.29) is 51.9 Å². The molecule has 0 spiro atoms. The van der Waals surface area contributed by atoms with Crippen LogP contribution in [0.4, 0.5) is 43.9 Å². The van der Waals surface area contributed by atoms with Gasteiger partial charge in [0, 0.05) is 25.1 Å². The Morgan fingerprint density at radius 3 is 2.19 bits per heavy atom. The highest BCUT2D eigenvalue weighted by atomic mass is 19.4. The molecule has 2 atom stereocenters. The van der Waals surface area contributed by atoms with Crippen molar-refractivity contribution in [1.29, 1.82) is 0 Å². The SMILES string of the molecule is COc1cc(CN2CCC[C@@H](F)C2)cc(C(F)(F)F)c1-c1cccc2c(C[C@H](NC(=O)C3(C(F)(F)F)CCN(CC(F)(F)F)CC3)C(=O)O)cccc12. The van der Waals surface area contributed by atoms with E-state index in [1.54, 1.807) is 4.90 Å². The van der Waals surface area contributed by atoms with Gasteiger partial charge in [-0.25, -0.2) is 9.18 Å². The minimum absolute atomic E-state index is 0.0452. The van der Waals surface area contributed by atoms with Crippen molar-refractivity contribution in [1.82, 2.24) is 15.1 Å². The second kappa shape index (κ2) is 15.3. The lowest BCUT2D eigenvalue weighted by atomic mass is 9.76. The van der Waals surface area contributed by atoms with Crippen molar-refractivity contribution >= 4 is 22.6 Å². The molecule has 3 aromatic rings. The minimum Gasteiger partial charge on any atom is -0.496 e.